The summed E-state index contributed by atoms with van der Waals surface area (Å²) < 4.78 is 0. The van der Waals surface area contributed by atoms with Gasteiger partial charge in [0, 0.05) is 26.4 Å². The van der Waals surface area contributed by atoms with Crippen molar-refractivity contribution in [3.63, 3.8) is 0 Å². The van der Waals surface area contributed by atoms with Gasteiger partial charge in [0.1, 0.15) is 6.29 Å². The van der Waals surface area contributed by atoms with Gasteiger partial charge < -0.3 is 14.8 Å². The Labute approximate surface area is 77.5 Å². The van der Waals surface area contributed by atoms with Crippen LogP contribution in [0.15, 0.2) is 0 Å². The molecule has 74 valence electrons. The van der Waals surface area contributed by atoms with Crippen LogP contribution in [0.25, 0.3) is 0 Å². The van der Waals surface area contributed by atoms with Crippen LogP contribution in [0.3, 0.4) is 0 Å². The van der Waals surface area contributed by atoms with Crippen LogP contribution in [0, 0.1) is 0 Å². The van der Waals surface area contributed by atoms with Gasteiger partial charge in [-0.15, -0.1) is 0 Å². The highest BCUT2D eigenvalue weighted by molar-refractivity contribution is 5.73. The van der Waals surface area contributed by atoms with Gasteiger partial charge in [0.2, 0.25) is 5.91 Å². The van der Waals surface area contributed by atoms with Crippen LogP contribution in [-0.2, 0) is 9.59 Å². The van der Waals surface area contributed by atoms with E-state index in [0.717, 1.165) is 6.29 Å². The maximum atomic E-state index is 10.9. The molecule has 0 aromatic rings. The summed E-state index contributed by atoms with van der Waals surface area (Å²) in [6, 6.07) is 0. The van der Waals surface area contributed by atoms with Crippen LogP contribution in [0.5, 0.6) is 0 Å². The molecule has 1 rings (SSSR count). The van der Waals surface area contributed by atoms with Crippen LogP contribution in [-0.4, -0.2) is 40.9 Å². The third-order valence-electron chi connectivity index (χ3n) is 2.60. The monoisotopic (exact) mass is 185 g/mol. The van der Waals surface area contributed by atoms with Crippen molar-refractivity contribution in [3.05, 3.63) is 0 Å². The van der Waals surface area contributed by atoms with E-state index >= 15 is 0 Å². The summed E-state index contributed by atoms with van der Waals surface area (Å²) in [5.41, 5.74) is -0.867. The average Bonchev–Trinajstić information content (AvgIpc) is 2.05. The second kappa shape index (κ2) is 3.87. The Morgan fingerprint density at radius 1 is 1.54 bits per heavy atom. The Balaban J connectivity index is 2.46. The molecule has 1 fully saturated rings. The van der Waals surface area contributed by atoms with E-state index in [1.807, 2.05) is 0 Å². The SMILES string of the molecule is CC(=O)N1CCC(O)(CC=O)CC1. The van der Waals surface area contributed by atoms with Gasteiger partial charge in [-0.2, -0.15) is 0 Å². The molecule has 1 saturated heterocycles. The van der Waals surface area contributed by atoms with Crippen molar-refractivity contribution in [1.82, 2.24) is 4.90 Å². The van der Waals surface area contributed by atoms with Crippen LogP contribution in [0.4, 0.5) is 0 Å². The lowest BCUT2D eigenvalue weighted by Gasteiger charge is -2.36. The van der Waals surface area contributed by atoms with Crippen LogP contribution in [0.2, 0.25) is 0 Å². The smallest absolute Gasteiger partial charge is 0.219 e. The lowest BCUT2D eigenvalue weighted by atomic mass is 9.89. The average molecular weight is 185 g/mol. The molecule has 4 heteroatoms. The quantitative estimate of drug-likeness (QED) is 0.613. The second-order valence-electron chi connectivity index (χ2n) is 3.60. The van der Waals surface area contributed by atoms with Crippen molar-refractivity contribution in [2.24, 2.45) is 0 Å². The zero-order valence-electron chi connectivity index (χ0n) is 7.82. The van der Waals surface area contributed by atoms with Crippen molar-refractivity contribution in [3.8, 4) is 0 Å². The molecule has 13 heavy (non-hydrogen) atoms. The molecule has 0 bridgehead atoms. The normalized spacial score (nSPS) is 21.2. The summed E-state index contributed by atoms with van der Waals surface area (Å²) in [5.74, 6) is 0.0353. The molecular weight excluding hydrogens is 170 g/mol. The molecular formula is C9H15NO3. The van der Waals surface area contributed by atoms with E-state index in [0.29, 0.717) is 25.9 Å². The van der Waals surface area contributed by atoms with Gasteiger partial charge in [0.05, 0.1) is 5.60 Å². The lowest BCUT2D eigenvalue weighted by Crippen LogP contribution is -2.46. The van der Waals surface area contributed by atoms with Gasteiger partial charge in [0.15, 0.2) is 0 Å². The molecule has 1 aliphatic rings. The highest BCUT2D eigenvalue weighted by atomic mass is 16.3. The maximum Gasteiger partial charge on any atom is 0.219 e. The van der Waals surface area contributed by atoms with Gasteiger partial charge in [-0.1, -0.05) is 0 Å². The van der Waals surface area contributed by atoms with Crippen molar-refractivity contribution < 1.29 is 14.7 Å². The number of hydrogen-bond acceptors (Lipinski definition) is 3. The number of carbonyl (C=O) groups excluding carboxylic acids is 2. The Bertz CT molecular complexity index is 207. The highest BCUT2D eigenvalue weighted by Gasteiger charge is 2.32. The van der Waals surface area contributed by atoms with Crippen LogP contribution in [0.1, 0.15) is 26.2 Å². The summed E-state index contributed by atoms with van der Waals surface area (Å²) in [7, 11) is 0. The van der Waals surface area contributed by atoms with E-state index in [2.05, 4.69) is 0 Å². The number of amides is 1. The molecule has 0 aromatic heterocycles. The zero-order chi connectivity index (χ0) is 9.90. The van der Waals surface area contributed by atoms with E-state index in [-0.39, 0.29) is 12.3 Å². The standard InChI is InChI=1S/C9H15NO3/c1-8(12)10-5-2-9(13,3-6-10)4-7-11/h7,13H,2-6H2,1H3. The largest absolute Gasteiger partial charge is 0.389 e. The summed E-state index contributed by atoms with van der Waals surface area (Å²) in [6.07, 6.45) is 1.93. The third-order valence-corrected chi connectivity index (χ3v) is 2.60. The fourth-order valence-electron chi connectivity index (χ4n) is 1.60. The number of hydrogen-bond donors (Lipinski definition) is 1. The van der Waals surface area contributed by atoms with Crippen LogP contribution >= 0.6 is 0 Å². The van der Waals surface area contributed by atoms with E-state index in [1.165, 1.54) is 6.92 Å². The number of piperidine rings is 1. The molecule has 0 unspecified atom stereocenters. The maximum absolute atomic E-state index is 10.9. The molecule has 1 heterocycles. The van der Waals surface area contributed by atoms with E-state index < -0.39 is 5.60 Å². The van der Waals surface area contributed by atoms with E-state index in [1.54, 1.807) is 4.90 Å². The fourth-order valence-corrected chi connectivity index (χ4v) is 1.60. The van der Waals surface area contributed by atoms with Crippen LogP contribution < -0.4 is 0 Å². The molecule has 1 aliphatic heterocycles. The minimum atomic E-state index is -0.867. The van der Waals surface area contributed by atoms with E-state index in [9.17, 15) is 14.7 Å². The topological polar surface area (TPSA) is 57.6 Å². The number of likely N-dealkylation sites (tertiary alicyclic amines) is 1. The summed E-state index contributed by atoms with van der Waals surface area (Å²) in [6.45, 7) is 2.63. The van der Waals surface area contributed by atoms with Gasteiger partial charge in [-0.05, 0) is 12.8 Å². The van der Waals surface area contributed by atoms with Gasteiger partial charge >= 0.3 is 0 Å². The molecule has 0 radical (unpaired) electrons. The molecule has 0 saturated carbocycles. The summed E-state index contributed by atoms with van der Waals surface area (Å²) in [5, 5.41) is 9.80. The minimum Gasteiger partial charge on any atom is -0.389 e. The van der Waals surface area contributed by atoms with Crippen molar-refractivity contribution in [1.29, 1.82) is 0 Å². The number of nitrogens with zero attached hydrogens (tertiary/aromatic N) is 1. The molecule has 1 N–H and O–H groups in total. The first-order valence-electron chi connectivity index (χ1n) is 4.49. The van der Waals surface area contributed by atoms with E-state index in [4.69, 9.17) is 0 Å². The molecule has 0 atom stereocenters. The van der Waals surface area contributed by atoms with Gasteiger partial charge in [-0.25, -0.2) is 0 Å². The molecule has 0 aliphatic carbocycles. The number of aliphatic hydroxyl groups is 1. The number of rotatable bonds is 2. The lowest BCUT2D eigenvalue weighted by molar-refractivity contribution is -0.133. The Hall–Kier alpha value is -0.900. The fraction of sp³-hybridized carbons (Fsp3) is 0.778. The predicted octanol–water partition coefficient (Wildman–Crippen LogP) is -0.0512. The molecule has 1 amide bonds. The predicted molar refractivity (Wildman–Crippen MR) is 47.1 cm³/mol. The second-order valence-corrected chi connectivity index (χ2v) is 3.60. The molecule has 0 aromatic carbocycles. The minimum absolute atomic E-state index is 0.0353. The Morgan fingerprint density at radius 2 is 2.08 bits per heavy atom. The van der Waals surface area contributed by atoms with Gasteiger partial charge in [-0.3, -0.25) is 4.79 Å². The first kappa shape index (κ1) is 10.2. The highest BCUT2D eigenvalue weighted by Crippen LogP contribution is 2.24. The summed E-state index contributed by atoms with van der Waals surface area (Å²) in [4.78, 5) is 22.9. The molecule has 4 nitrogen and oxygen atoms in total. The Kier molecular flexibility index (Phi) is 3.03. The van der Waals surface area contributed by atoms with Crippen molar-refractivity contribution in [2.45, 2.75) is 31.8 Å². The first-order valence-corrected chi connectivity index (χ1v) is 4.49. The van der Waals surface area contributed by atoms with Gasteiger partial charge in [0.25, 0.3) is 0 Å². The zero-order valence-corrected chi connectivity index (χ0v) is 7.82. The number of carbonyl (C=O) groups is 2. The summed E-state index contributed by atoms with van der Waals surface area (Å²) >= 11 is 0. The third kappa shape index (κ3) is 2.52. The van der Waals surface area contributed by atoms with Crippen molar-refractivity contribution >= 4 is 12.2 Å². The first-order chi connectivity index (χ1) is 6.07. The Morgan fingerprint density at radius 3 is 2.46 bits per heavy atom. The van der Waals surface area contributed by atoms with Crippen molar-refractivity contribution in [2.75, 3.05) is 13.1 Å². The molecule has 0 spiro atoms. The number of aldehydes is 1.